The quantitative estimate of drug-likeness (QED) is 0.427. The van der Waals surface area contributed by atoms with Crippen LogP contribution in [0.15, 0.2) is 72.8 Å². The summed E-state index contributed by atoms with van der Waals surface area (Å²) in [6.45, 7) is 0.233. The number of nitrogens with zero attached hydrogens (tertiary/aromatic N) is 1. The second kappa shape index (κ2) is 7.13. The zero-order valence-electron chi connectivity index (χ0n) is 15.0. The Hall–Kier alpha value is -3.31. The van der Waals surface area contributed by atoms with Crippen LogP contribution < -0.4 is 15.6 Å². The van der Waals surface area contributed by atoms with Gasteiger partial charge in [0, 0.05) is 5.92 Å². The number of amides is 1. The molecule has 0 bridgehead atoms. The third-order valence-corrected chi connectivity index (χ3v) is 4.88. The van der Waals surface area contributed by atoms with Crippen LogP contribution in [0.4, 0.5) is 10.5 Å². The molecule has 0 aromatic heterocycles. The first-order valence-electron chi connectivity index (χ1n) is 8.73. The Kier molecular flexibility index (Phi) is 4.52. The number of hydrogen-bond donors (Lipinski definition) is 1. The molecule has 0 radical (unpaired) electrons. The van der Waals surface area contributed by atoms with Crippen LogP contribution in [0, 0.1) is 0 Å². The average molecular weight is 360 g/mol. The van der Waals surface area contributed by atoms with Gasteiger partial charge in [0.25, 0.3) is 0 Å². The first-order valence-corrected chi connectivity index (χ1v) is 8.73. The van der Waals surface area contributed by atoms with Crippen molar-refractivity contribution in [3.63, 3.8) is 0 Å². The monoisotopic (exact) mass is 360 g/mol. The van der Waals surface area contributed by atoms with Crippen LogP contribution in [-0.2, 0) is 4.74 Å². The second-order valence-corrected chi connectivity index (χ2v) is 6.37. The van der Waals surface area contributed by atoms with Gasteiger partial charge in [-0.2, -0.15) is 0 Å². The van der Waals surface area contributed by atoms with Crippen molar-refractivity contribution < 1.29 is 14.3 Å². The predicted molar refractivity (Wildman–Crippen MR) is 105 cm³/mol. The maximum atomic E-state index is 12.4. The Morgan fingerprint density at radius 1 is 0.926 bits per heavy atom. The second-order valence-electron chi connectivity index (χ2n) is 6.37. The number of benzene rings is 3. The lowest BCUT2D eigenvalue weighted by atomic mass is 9.98. The molecule has 5 heteroatoms. The molecule has 0 heterocycles. The van der Waals surface area contributed by atoms with E-state index in [0.29, 0.717) is 11.4 Å². The zero-order valence-corrected chi connectivity index (χ0v) is 15.0. The first-order chi connectivity index (χ1) is 13.2. The molecular formula is C22H20N2O3. The minimum absolute atomic E-state index is 0.00520. The predicted octanol–water partition coefficient (Wildman–Crippen LogP) is 4.32. The molecule has 0 atom stereocenters. The van der Waals surface area contributed by atoms with Gasteiger partial charge in [-0.25, -0.2) is 15.6 Å². The smallest absolute Gasteiger partial charge is 0.428 e. The zero-order chi connectivity index (χ0) is 18.8. The van der Waals surface area contributed by atoms with E-state index in [0.717, 1.165) is 5.01 Å². The Morgan fingerprint density at radius 2 is 1.48 bits per heavy atom. The molecule has 3 aromatic carbocycles. The van der Waals surface area contributed by atoms with Crippen LogP contribution >= 0.6 is 0 Å². The van der Waals surface area contributed by atoms with E-state index in [2.05, 4.69) is 24.3 Å². The molecule has 0 aliphatic heterocycles. The summed E-state index contributed by atoms with van der Waals surface area (Å²) in [5.74, 6) is 6.62. The van der Waals surface area contributed by atoms with Gasteiger partial charge in [-0.05, 0) is 46.5 Å². The largest absolute Gasteiger partial charge is 0.497 e. The highest BCUT2D eigenvalue weighted by molar-refractivity contribution is 5.86. The third kappa shape index (κ3) is 3.13. The van der Waals surface area contributed by atoms with Gasteiger partial charge in [-0.3, -0.25) is 0 Å². The molecule has 27 heavy (non-hydrogen) atoms. The Labute approximate surface area is 157 Å². The topological polar surface area (TPSA) is 64.8 Å². The molecule has 0 fully saturated rings. The van der Waals surface area contributed by atoms with Gasteiger partial charge in [-0.15, -0.1) is 0 Å². The van der Waals surface area contributed by atoms with Crippen molar-refractivity contribution in [2.75, 3.05) is 18.7 Å². The number of hydrogen-bond acceptors (Lipinski definition) is 4. The van der Waals surface area contributed by atoms with Gasteiger partial charge in [0.05, 0.1) is 12.8 Å². The molecule has 136 valence electrons. The summed E-state index contributed by atoms with van der Waals surface area (Å²) in [5, 5.41) is 1.01. The van der Waals surface area contributed by atoms with E-state index in [1.54, 1.807) is 31.4 Å². The summed E-state index contributed by atoms with van der Waals surface area (Å²) in [6.07, 6.45) is -0.595. The molecule has 0 saturated heterocycles. The fraction of sp³-hybridized carbons (Fsp3) is 0.136. The molecule has 1 aliphatic carbocycles. The highest BCUT2D eigenvalue weighted by Crippen LogP contribution is 2.44. The highest BCUT2D eigenvalue weighted by Gasteiger charge is 2.29. The number of hydrazine groups is 1. The molecule has 5 nitrogen and oxygen atoms in total. The van der Waals surface area contributed by atoms with Crippen molar-refractivity contribution in [2.45, 2.75) is 5.92 Å². The summed E-state index contributed by atoms with van der Waals surface area (Å²) < 4.78 is 10.7. The fourth-order valence-electron chi connectivity index (χ4n) is 3.51. The molecule has 0 unspecified atom stereocenters. The van der Waals surface area contributed by atoms with E-state index in [-0.39, 0.29) is 12.5 Å². The van der Waals surface area contributed by atoms with Crippen LogP contribution in [0.5, 0.6) is 5.75 Å². The van der Waals surface area contributed by atoms with E-state index < -0.39 is 6.09 Å². The van der Waals surface area contributed by atoms with E-state index in [9.17, 15) is 4.79 Å². The van der Waals surface area contributed by atoms with Gasteiger partial charge < -0.3 is 9.47 Å². The van der Waals surface area contributed by atoms with Gasteiger partial charge in [0.1, 0.15) is 12.4 Å². The van der Waals surface area contributed by atoms with Crippen LogP contribution in [-0.4, -0.2) is 19.8 Å². The van der Waals surface area contributed by atoms with Crippen molar-refractivity contribution in [3.05, 3.63) is 83.9 Å². The van der Waals surface area contributed by atoms with Crippen LogP contribution in [0.2, 0.25) is 0 Å². The number of ether oxygens (including phenoxy) is 2. The first kappa shape index (κ1) is 17.1. The average Bonchev–Trinajstić information content (AvgIpc) is 3.05. The molecule has 0 saturated carbocycles. The number of carbonyl (C=O) groups is 1. The Morgan fingerprint density at radius 3 is 2.04 bits per heavy atom. The summed E-state index contributed by atoms with van der Waals surface area (Å²) in [6, 6.07) is 23.3. The van der Waals surface area contributed by atoms with E-state index >= 15 is 0 Å². The molecule has 3 aromatic rings. The molecule has 1 aliphatic rings. The van der Waals surface area contributed by atoms with Crippen molar-refractivity contribution in [1.82, 2.24) is 0 Å². The van der Waals surface area contributed by atoms with Gasteiger partial charge >= 0.3 is 6.09 Å². The number of methoxy groups -OCH3 is 1. The number of anilines is 1. The SMILES string of the molecule is COc1ccc(N(N)C(=O)OCC2c3ccccc3-c3ccccc32)cc1. The van der Waals surface area contributed by atoms with Crippen molar-refractivity contribution >= 4 is 11.8 Å². The summed E-state index contributed by atoms with van der Waals surface area (Å²) in [5.41, 5.74) is 5.25. The summed E-state index contributed by atoms with van der Waals surface area (Å²) >= 11 is 0. The summed E-state index contributed by atoms with van der Waals surface area (Å²) in [7, 11) is 1.58. The highest BCUT2D eigenvalue weighted by atomic mass is 16.6. The Bertz CT molecular complexity index is 924. The molecule has 2 N–H and O–H groups in total. The number of nitrogens with two attached hydrogens (primary N) is 1. The van der Waals surface area contributed by atoms with Crippen LogP contribution in [0.25, 0.3) is 11.1 Å². The Balaban J connectivity index is 1.50. The van der Waals surface area contributed by atoms with E-state index in [4.69, 9.17) is 15.3 Å². The van der Waals surface area contributed by atoms with E-state index in [1.807, 2.05) is 24.3 Å². The van der Waals surface area contributed by atoms with Gasteiger partial charge in [0.2, 0.25) is 0 Å². The van der Waals surface area contributed by atoms with Gasteiger partial charge in [-0.1, -0.05) is 48.5 Å². The van der Waals surface area contributed by atoms with Crippen LogP contribution in [0.1, 0.15) is 17.0 Å². The van der Waals surface area contributed by atoms with Crippen molar-refractivity contribution in [2.24, 2.45) is 5.84 Å². The molecule has 1 amide bonds. The standard InChI is InChI=1S/C22H20N2O3/c1-26-16-12-10-15(11-13-16)24(23)22(25)27-14-21-19-8-4-2-6-17(19)18-7-3-5-9-20(18)21/h2-13,21H,14,23H2,1H3. The molecule has 0 spiro atoms. The number of fused-ring (bicyclic) bond motifs is 3. The minimum Gasteiger partial charge on any atom is -0.497 e. The van der Waals surface area contributed by atoms with Gasteiger partial charge in [0.15, 0.2) is 0 Å². The van der Waals surface area contributed by atoms with E-state index in [1.165, 1.54) is 22.3 Å². The number of carbonyl (C=O) groups excluding carboxylic acids is 1. The third-order valence-electron chi connectivity index (χ3n) is 4.88. The molecule has 4 rings (SSSR count). The maximum Gasteiger partial charge on any atom is 0.428 e. The van der Waals surface area contributed by atoms with Crippen molar-refractivity contribution in [3.8, 4) is 16.9 Å². The van der Waals surface area contributed by atoms with Crippen LogP contribution in [0.3, 0.4) is 0 Å². The minimum atomic E-state index is -0.595. The summed E-state index contributed by atoms with van der Waals surface area (Å²) in [4.78, 5) is 12.4. The lowest BCUT2D eigenvalue weighted by Crippen LogP contribution is -2.38. The maximum absolute atomic E-state index is 12.4. The molecular weight excluding hydrogens is 340 g/mol. The van der Waals surface area contributed by atoms with Crippen molar-refractivity contribution in [1.29, 1.82) is 0 Å². The lowest BCUT2D eigenvalue weighted by molar-refractivity contribution is 0.150. The fourth-order valence-corrected chi connectivity index (χ4v) is 3.51. The number of rotatable bonds is 4. The normalized spacial score (nSPS) is 12.2. The lowest BCUT2D eigenvalue weighted by Gasteiger charge is -2.19.